The second-order valence-electron chi connectivity index (χ2n) is 9.56. The third kappa shape index (κ3) is 7.91. The van der Waals surface area contributed by atoms with Gasteiger partial charge in [0.1, 0.15) is 6.04 Å². The van der Waals surface area contributed by atoms with Crippen LogP contribution >= 0.6 is 23.2 Å². The number of carbonyl (C=O) groups is 2. The van der Waals surface area contributed by atoms with Gasteiger partial charge in [0.05, 0.1) is 22.0 Å². The first kappa shape index (κ1) is 29.9. The van der Waals surface area contributed by atoms with Gasteiger partial charge >= 0.3 is 0 Å². The zero-order valence-electron chi connectivity index (χ0n) is 21.9. The van der Waals surface area contributed by atoms with Crippen LogP contribution in [0.25, 0.3) is 0 Å². The molecular formula is C26H33Cl2N3O6S. The number of carbonyl (C=O) groups excluding carboxylic acids is 2. The number of fused-ring (bicyclic) bond motifs is 1. The molecule has 1 atom stereocenters. The van der Waals surface area contributed by atoms with Crippen LogP contribution in [0.1, 0.15) is 39.2 Å². The van der Waals surface area contributed by atoms with Gasteiger partial charge in [-0.1, -0.05) is 43.1 Å². The summed E-state index contributed by atoms with van der Waals surface area (Å²) in [6.07, 6.45) is 1.37. The van der Waals surface area contributed by atoms with Crippen molar-refractivity contribution in [2.24, 2.45) is 5.92 Å². The highest BCUT2D eigenvalue weighted by atomic mass is 35.5. The third-order valence-electron chi connectivity index (χ3n) is 5.99. The highest BCUT2D eigenvalue weighted by Gasteiger charge is 2.27. The molecule has 0 aromatic heterocycles. The average Bonchev–Trinajstić information content (AvgIpc) is 3.32. The Hall–Kier alpha value is -2.69. The van der Waals surface area contributed by atoms with E-state index in [4.69, 9.17) is 32.7 Å². The van der Waals surface area contributed by atoms with E-state index in [1.807, 2.05) is 13.8 Å². The summed E-state index contributed by atoms with van der Waals surface area (Å²) < 4.78 is 37.0. The molecule has 2 amide bonds. The number of sulfonamides is 1. The van der Waals surface area contributed by atoms with Crippen LogP contribution < -0.4 is 19.1 Å². The molecule has 1 unspecified atom stereocenters. The molecule has 0 saturated heterocycles. The van der Waals surface area contributed by atoms with Crippen LogP contribution in [0.4, 0.5) is 5.69 Å². The molecule has 0 bridgehead atoms. The molecule has 0 spiro atoms. The molecule has 0 aliphatic carbocycles. The Morgan fingerprint density at radius 3 is 2.39 bits per heavy atom. The van der Waals surface area contributed by atoms with E-state index >= 15 is 0 Å². The van der Waals surface area contributed by atoms with E-state index < -0.39 is 16.1 Å². The van der Waals surface area contributed by atoms with Crippen molar-refractivity contribution in [2.45, 2.75) is 46.2 Å². The number of nitrogens with zero attached hydrogens (tertiary/aromatic N) is 2. The largest absolute Gasteiger partial charge is 0.454 e. The van der Waals surface area contributed by atoms with E-state index in [9.17, 15) is 18.0 Å². The van der Waals surface area contributed by atoms with Crippen molar-refractivity contribution in [3.8, 4) is 11.5 Å². The topological polar surface area (TPSA) is 105 Å². The van der Waals surface area contributed by atoms with Crippen LogP contribution in [0.2, 0.25) is 10.0 Å². The molecule has 1 aliphatic rings. The summed E-state index contributed by atoms with van der Waals surface area (Å²) >= 11 is 12.2. The maximum absolute atomic E-state index is 13.4. The number of hydrogen-bond donors (Lipinski definition) is 1. The molecule has 1 N–H and O–H groups in total. The van der Waals surface area contributed by atoms with E-state index in [-0.39, 0.29) is 50.5 Å². The van der Waals surface area contributed by atoms with Crippen LogP contribution in [0, 0.1) is 5.92 Å². The molecule has 12 heteroatoms. The summed E-state index contributed by atoms with van der Waals surface area (Å²) in [6, 6.07) is 9.18. The Morgan fingerprint density at radius 1 is 1.03 bits per heavy atom. The van der Waals surface area contributed by atoms with Crippen LogP contribution in [-0.4, -0.2) is 57.3 Å². The average molecular weight is 587 g/mol. The number of amides is 2. The van der Waals surface area contributed by atoms with Crippen molar-refractivity contribution in [1.29, 1.82) is 0 Å². The van der Waals surface area contributed by atoms with E-state index in [1.54, 1.807) is 43.3 Å². The zero-order chi connectivity index (χ0) is 28.0. The lowest BCUT2D eigenvalue weighted by Gasteiger charge is -2.30. The Kier molecular flexibility index (Phi) is 10.1. The minimum absolute atomic E-state index is 0.0275. The monoisotopic (exact) mass is 585 g/mol. The van der Waals surface area contributed by atoms with Gasteiger partial charge in [-0.2, -0.15) is 0 Å². The Labute approximate surface area is 234 Å². The van der Waals surface area contributed by atoms with Crippen LogP contribution in [0.5, 0.6) is 11.5 Å². The van der Waals surface area contributed by atoms with Crippen LogP contribution in [0.15, 0.2) is 36.4 Å². The number of rotatable bonds is 12. The summed E-state index contributed by atoms with van der Waals surface area (Å²) in [6.45, 7) is 6.40. The summed E-state index contributed by atoms with van der Waals surface area (Å²) in [7, 11) is -3.64. The fourth-order valence-electron chi connectivity index (χ4n) is 3.91. The van der Waals surface area contributed by atoms with Crippen molar-refractivity contribution < 1.29 is 27.5 Å². The molecule has 0 radical (unpaired) electrons. The quantitative estimate of drug-likeness (QED) is 0.394. The van der Waals surface area contributed by atoms with Crippen LogP contribution in [-0.2, 0) is 26.2 Å². The minimum atomic E-state index is -3.64. The molecule has 1 heterocycles. The Morgan fingerprint density at radius 2 is 1.74 bits per heavy atom. The normalized spacial score (nSPS) is 13.3. The van der Waals surface area contributed by atoms with Gasteiger partial charge in [-0.15, -0.1) is 0 Å². The van der Waals surface area contributed by atoms with Gasteiger partial charge in [0.25, 0.3) is 0 Å². The molecule has 0 fully saturated rings. The first-order chi connectivity index (χ1) is 17.9. The van der Waals surface area contributed by atoms with Crippen molar-refractivity contribution in [1.82, 2.24) is 10.2 Å². The van der Waals surface area contributed by atoms with Crippen LogP contribution in [0.3, 0.4) is 0 Å². The number of halogens is 2. The van der Waals surface area contributed by atoms with Gasteiger partial charge in [-0.3, -0.25) is 13.9 Å². The lowest BCUT2D eigenvalue weighted by atomic mass is 10.1. The van der Waals surface area contributed by atoms with Gasteiger partial charge in [0.15, 0.2) is 11.5 Å². The number of ether oxygens (including phenoxy) is 2. The molecule has 9 nitrogen and oxygen atoms in total. The number of benzene rings is 2. The lowest BCUT2D eigenvalue weighted by Crippen LogP contribution is -2.48. The molecule has 208 valence electrons. The zero-order valence-corrected chi connectivity index (χ0v) is 24.2. The third-order valence-corrected chi connectivity index (χ3v) is 7.92. The smallest absolute Gasteiger partial charge is 0.242 e. The molecule has 2 aromatic rings. The fourth-order valence-corrected chi connectivity index (χ4v) is 5.19. The second-order valence-corrected chi connectivity index (χ2v) is 12.3. The van der Waals surface area contributed by atoms with E-state index in [0.717, 1.165) is 11.8 Å². The molecular weight excluding hydrogens is 553 g/mol. The SMILES string of the molecule is CC(C)CNC(=O)C(C)N(Cc1ccc(Cl)c(Cl)c1)C(=O)CCCN(c1ccc2c(c1)OCO2)S(C)(=O)=O. The van der Waals surface area contributed by atoms with Gasteiger partial charge in [-0.05, 0) is 49.1 Å². The first-order valence-corrected chi connectivity index (χ1v) is 14.9. The van der Waals surface area contributed by atoms with E-state index in [1.165, 1.54) is 9.21 Å². The van der Waals surface area contributed by atoms with E-state index in [0.29, 0.717) is 33.8 Å². The Bertz CT molecular complexity index is 1270. The highest BCUT2D eigenvalue weighted by molar-refractivity contribution is 7.92. The second kappa shape index (κ2) is 12.9. The summed E-state index contributed by atoms with van der Waals surface area (Å²) in [4.78, 5) is 27.7. The summed E-state index contributed by atoms with van der Waals surface area (Å²) in [5, 5.41) is 3.61. The van der Waals surface area contributed by atoms with Gasteiger partial charge in [0.2, 0.25) is 28.6 Å². The van der Waals surface area contributed by atoms with Gasteiger partial charge in [0, 0.05) is 32.1 Å². The maximum Gasteiger partial charge on any atom is 0.242 e. The number of anilines is 1. The first-order valence-electron chi connectivity index (χ1n) is 12.2. The van der Waals surface area contributed by atoms with Gasteiger partial charge < -0.3 is 19.7 Å². The van der Waals surface area contributed by atoms with Gasteiger partial charge in [-0.25, -0.2) is 8.42 Å². The lowest BCUT2D eigenvalue weighted by molar-refractivity contribution is -0.140. The van der Waals surface area contributed by atoms with Crippen molar-refractivity contribution in [3.05, 3.63) is 52.0 Å². The van der Waals surface area contributed by atoms with Crippen molar-refractivity contribution in [2.75, 3.05) is 30.4 Å². The number of hydrogen-bond acceptors (Lipinski definition) is 6. The standard InChI is InChI=1S/C26H33Cl2N3O6S/c1-17(2)14-29-26(33)18(3)30(15-19-7-9-21(27)22(28)12-19)25(32)6-5-11-31(38(4,34)35)20-8-10-23-24(13-20)37-16-36-23/h7-10,12-13,17-18H,5-6,11,14-16H2,1-4H3,(H,29,33). The summed E-state index contributed by atoms with van der Waals surface area (Å²) in [5.74, 6) is 0.692. The van der Waals surface area contributed by atoms with E-state index in [2.05, 4.69) is 5.32 Å². The fraction of sp³-hybridized carbons (Fsp3) is 0.462. The molecule has 0 saturated carbocycles. The number of nitrogens with one attached hydrogen (secondary N) is 1. The Balaban J connectivity index is 1.74. The summed E-state index contributed by atoms with van der Waals surface area (Å²) in [5.41, 5.74) is 1.13. The van der Waals surface area contributed by atoms with Crippen molar-refractivity contribution >= 4 is 50.7 Å². The highest BCUT2D eigenvalue weighted by Crippen LogP contribution is 2.36. The minimum Gasteiger partial charge on any atom is -0.454 e. The maximum atomic E-state index is 13.4. The molecule has 38 heavy (non-hydrogen) atoms. The predicted molar refractivity (Wildman–Crippen MR) is 148 cm³/mol. The molecule has 3 rings (SSSR count). The molecule has 1 aliphatic heterocycles. The predicted octanol–water partition coefficient (Wildman–Crippen LogP) is 4.46. The molecule has 2 aromatic carbocycles. The van der Waals surface area contributed by atoms with Crippen molar-refractivity contribution in [3.63, 3.8) is 0 Å².